The Morgan fingerprint density at radius 1 is 0.844 bits per heavy atom. The van der Waals surface area contributed by atoms with Crippen molar-refractivity contribution in [2.45, 2.75) is 128 Å². The summed E-state index contributed by atoms with van der Waals surface area (Å²) in [4.78, 5) is 0. The van der Waals surface area contributed by atoms with Crippen LogP contribution in [-0.2, 0) is 20.2 Å². The molecule has 1 fully saturated rings. The van der Waals surface area contributed by atoms with E-state index in [0.717, 1.165) is 5.56 Å². The van der Waals surface area contributed by atoms with Crippen LogP contribution in [0, 0.1) is 0 Å². The molecule has 0 aromatic heterocycles. The van der Waals surface area contributed by atoms with Gasteiger partial charge in [0.05, 0.1) is 24.9 Å². The number of hydrogen-bond acceptors (Lipinski definition) is 4. The molecule has 0 radical (unpaired) electrons. The summed E-state index contributed by atoms with van der Waals surface area (Å²) in [6.45, 7) is 24.9. The number of aliphatic hydroxyl groups is 1. The summed E-state index contributed by atoms with van der Waals surface area (Å²) in [6.07, 6.45) is 0.730. The van der Waals surface area contributed by atoms with Gasteiger partial charge in [-0.1, -0.05) is 71.9 Å². The van der Waals surface area contributed by atoms with Crippen molar-refractivity contribution in [3.8, 4) is 0 Å². The minimum absolute atomic E-state index is 0.0139. The van der Waals surface area contributed by atoms with E-state index in [-0.39, 0.29) is 28.4 Å². The van der Waals surface area contributed by atoms with E-state index in [1.165, 1.54) is 0 Å². The van der Waals surface area contributed by atoms with Crippen molar-refractivity contribution in [3.63, 3.8) is 0 Å². The molecule has 32 heavy (non-hydrogen) atoms. The molecule has 0 unspecified atom stereocenters. The number of benzene rings is 1. The lowest BCUT2D eigenvalue weighted by atomic mass is 9.79. The fourth-order valence-corrected chi connectivity index (χ4v) is 6.38. The molecule has 1 N–H and O–H groups in total. The molecule has 0 heterocycles. The van der Waals surface area contributed by atoms with Crippen LogP contribution < -0.4 is 0 Å². The Bertz CT molecular complexity index is 692. The van der Waals surface area contributed by atoms with E-state index in [4.69, 9.17) is 13.6 Å². The molecule has 0 amide bonds. The second-order valence-corrected chi connectivity index (χ2v) is 22.4. The van der Waals surface area contributed by atoms with Gasteiger partial charge in [0, 0.05) is 12.8 Å². The van der Waals surface area contributed by atoms with Crippen LogP contribution in [0.3, 0.4) is 0 Å². The van der Waals surface area contributed by atoms with Gasteiger partial charge in [0.25, 0.3) is 0 Å². The van der Waals surface area contributed by atoms with E-state index in [1.807, 2.05) is 25.1 Å². The van der Waals surface area contributed by atoms with E-state index < -0.39 is 22.2 Å². The number of hydrogen-bond donors (Lipinski definition) is 1. The highest BCUT2D eigenvalue weighted by molar-refractivity contribution is 6.74. The van der Waals surface area contributed by atoms with Crippen LogP contribution >= 0.6 is 0 Å². The number of rotatable bonds is 7. The molecule has 0 spiro atoms. The van der Waals surface area contributed by atoms with Gasteiger partial charge in [-0.25, -0.2) is 0 Å². The quantitative estimate of drug-likeness (QED) is 0.431. The average Bonchev–Trinajstić information content (AvgIpc) is 2.62. The molecule has 1 aromatic rings. The van der Waals surface area contributed by atoms with Crippen LogP contribution in [0.15, 0.2) is 30.3 Å². The first-order chi connectivity index (χ1) is 14.4. The second kappa shape index (κ2) is 9.63. The van der Waals surface area contributed by atoms with Crippen LogP contribution in [0.2, 0.25) is 36.3 Å². The summed E-state index contributed by atoms with van der Waals surface area (Å²) in [5.74, 6) is 0. The van der Waals surface area contributed by atoms with Crippen molar-refractivity contribution in [3.05, 3.63) is 35.9 Å². The molecule has 0 bridgehead atoms. The van der Waals surface area contributed by atoms with Gasteiger partial charge in [-0.15, -0.1) is 0 Å². The molecule has 1 aliphatic rings. The highest BCUT2D eigenvalue weighted by Gasteiger charge is 2.53. The van der Waals surface area contributed by atoms with Gasteiger partial charge in [0.2, 0.25) is 0 Å². The summed E-state index contributed by atoms with van der Waals surface area (Å²) >= 11 is 0. The van der Waals surface area contributed by atoms with Gasteiger partial charge in [-0.05, 0) is 48.8 Å². The molecule has 1 aromatic carbocycles. The molecular weight excluding hydrogens is 432 g/mol. The lowest BCUT2D eigenvalue weighted by Gasteiger charge is -2.52. The molecule has 2 rings (SSSR count). The lowest BCUT2D eigenvalue weighted by molar-refractivity contribution is -0.178. The second-order valence-electron chi connectivity index (χ2n) is 12.8. The van der Waals surface area contributed by atoms with Gasteiger partial charge >= 0.3 is 0 Å². The monoisotopic (exact) mass is 480 g/mol. The minimum Gasteiger partial charge on any atom is -0.411 e. The number of ether oxygens (including phenoxy) is 1. The first-order valence-electron chi connectivity index (χ1n) is 12.1. The van der Waals surface area contributed by atoms with Crippen molar-refractivity contribution in [1.29, 1.82) is 0 Å². The van der Waals surface area contributed by atoms with Gasteiger partial charge in [0.15, 0.2) is 16.6 Å². The third-order valence-corrected chi connectivity index (χ3v) is 17.0. The molecule has 6 heteroatoms. The normalized spacial score (nSPS) is 28.1. The Balaban J connectivity index is 2.30. The predicted octanol–water partition coefficient (Wildman–Crippen LogP) is 6.90. The zero-order valence-corrected chi connectivity index (χ0v) is 24.4. The molecule has 4 nitrogen and oxygen atoms in total. The van der Waals surface area contributed by atoms with Crippen LogP contribution in [-0.4, -0.2) is 45.7 Å². The Morgan fingerprint density at radius 2 is 1.25 bits per heavy atom. The maximum absolute atomic E-state index is 11.8. The van der Waals surface area contributed by atoms with Crippen molar-refractivity contribution in [1.82, 2.24) is 0 Å². The molecule has 184 valence electrons. The zero-order chi connectivity index (χ0) is 24.6. The van der Waals surface area contributed by atoms with Gasteiger partial charge in [-0.3, -0.25) is 0 Å². The molecule has 1 aliphatic carbocycles. The summed E-state index contributed by atoms with van der Waals surface area (Å²) in [5, 5.41) is 11.9. The minimum atomic E-state index is -2.08. The Morgan fingerprint density at radius 3 is 1.62 bits per heavy atom. The summed E-state index contributed by atoms with van der Waals surface area (Å²) < 4.78 is 20.0. The van der Waals surface area contributed by atoms with E-state index in [9.17, 15) is 5.11 Å². The lowest BCUT2D eigenvalue weighted by Crippen LogP contribution is -2.63. The van der Waals surface area contributed by atoms with Crippen molar-refractivity contribution in [2.24, 2.45) is 0 Å². The fourth-order valence-electron chi connectivity index (χ4n) is 3.58. The maximum Gasteiger partial charge on any atom is 0.192 e. The van der Waals surface area contributed by atoms with E-state index in [0.29, 0.717) is 19.4 Å². The van der Waals surface area contributed by atoms with Crippen LogP contribution in [0.25, 0.3) is 0 Å². The molecule has 0 aliphatic heterocycles. The van der Waals surface area contributed by atoms with Crippen LogP contribution in [0.1, 0.15) is 66.9 Å². The van der Waals surface area contributed by atoms with Crippen LogP contribution in [0.5, 0.6) is 0 Å². The Hall–Kier alpha value is -0.506. The predicted molar refractivity (Wildman–Crippen MR) is 139 cm³/mol. The average molecular weight is 481 g/mol. The molecule has 2 atom stereocenters. The summed E-state index contributed by atoms with van der Waals surface area (Å²) in [6, 6.07) is 10.3. The Labute approximate surface area is 199 Å². The third-order valence-electron chi connectivity index (χ3n) is 8.07. The van der Waals surface area contributed by atoms with Crippen molar-refractivity contribution < 1.29 is 18.7 Å². The summed E-state index contributed by atoms with van der Waals surface area (Å²) in [5.41, 5.74) is 0.103. The fraction of sp³-hybridized carbons (Fsp3) is 0.769. The van der Waals surface area contributed by atoms with Crippen LogP contribution in [0.4, 0.5) is 0 Å². The zero-order valence-electron chi connectivity index (χ0n) is 22.4. The topological polar surface area (TPSA) is 47.9 Å². The first-order valence-corrected chi connectivity index (χ1v) is 17.9. The molecular formula is C26H48O4Si2. The Kier molecular flexibility index (Phi) is 8.34. The van der Waals surface area contributed by atoms with Crippen molar-refractivity contribution >= 4 is 16.6 Å². The van der Waals surface area contributed by atoms with Crippen molar-refractivity contribution in [2.75, 3.05) is 0 Å². The smallest absolute Gasteiger partial charge is 0.192 e. The summed E-state index contributed by atoms with van der Waals surface area (Å²) in [7, 11) is -4.16. The van der Waals surface area contributed by atoms with Gasteiger partial charge in [-0.2, -0.15) is 0 Å². The van der Waals surface area contributed by atoms with E-state index >= 15 is 0 Å². The highest BCUT2D eigenvalue weighted by atomic mass is 28.4. The van der Waals surface area contributed by atoms with Gasteiger partial charge < -0.3 is 18.7 Å². The first kappa shape index (κ1) is 27.7. The van der Waals surface area contributed by atoms with Gasteiger partial charge in [0.1, 0.15) is 5.60 Å². The highest BCUT2D eigenvalue weighted by Crippen LogP contribution is 2.45. The largest absolute Gasteiger partial charge is 0.411 e. The SMILES string of the molecule is CC1(O)[C@H](O[Si](C)(C)C(C)(C)C)CC(OCc2ccccc2)C[C@H]1O[Si](C)(C)C(C)(C)C. The maximum atomic E-state index is 11.8. The standard InChI is InChI=1S/C26H48O4Si2/c1-24(2,3)31(8,9)29-22-17-21(28-19-20-15-13-12-14-16-20)18-23(26(22,7)27)30-32(10,11)25(4,5)6/h12-16,21-23,27H,17-19H2,1-11H3/t21?,22-,23-,26?/m1/s1. The third kappa shape index (κ3) is 6.54. The molecule has 0 saturated heterocycles. The van der Waals surface area contributed by atoms with E-state index in [2.05, 4.69) is 79.9 Å². The van der Waals surface area contributed by atoms with E-state index in [1.54, 1.807) is 0 Å². The molecule has 1 saturated carbocycles.